The third-order valence-electron chi connectivity index (χ3n) is 3.06. The Hall–Kier alpha value is -1.97. The van der Waals surface area contributed by atoms with Crippen molar-refractivity contribution in [2.75, 3.05) is 12.3 Å². The average Bonchev–Trinajstić information content (AvgIpc) is 2.72. The zero-order chi connectivity index (χ0) is 13.1. The number of rotatable bonds is 4. The lowest BCUT2D eigenvalue weighted by Crippen LogP contribution is -2.05. The monoisotopic (exact) mass is 246 g/mol. The van der Waals surface area contributed by atoms with Gasteiger partial charge in [-0.15, -0.1) is 0 Å². The number of nitrogens with zero attached hydrogens (tertiary/aromatic N) is 1. The van der Waals surface area contributed by atoms with Gasteiger partial charge < -0.3 is 15.0 Å². The fourth-order valence-electron chi connectivity index (χ4n) is 2.20. The second-order valence-electron chi connectivity index (χ2n) is 4.31. The normalized spacial score (nSPS) is 10.8. The summed E-state index contributed by atoms with van der Waals surface area (Å²) in [5.41, 5.74) is 8.88. The molecule has 1 aromatic heterocycles. The SMILES string of the molecule is CCOC(=O)CCc1ccc(N)c2c1ccn2C. The summed E-state index contributed by atoms with van der Waals surface area (Å²) in [6.45, 7) is 2.25. The van der Waals surface area contributed by atoms with Crippen LogP contribution in [0.4, 0.5) is 5.69 Å². The molecule has 0 bridgehead atoms. The number of hydrogen-bond donors (Lipinski definition) is 1. The summed E-state index contributed by atoms with van der Waals surface area (Å²) in [4.78, 5) is 11.4. The van der Waals surface area contributed by atoms with Crippen molar-refractivity contribution in [1.29, 1.82) is 0 Å². The van der Waals surface area contributed by atoms with Gasteiger partial charge in [0.2, 0.25) is 0 Å². The standard InChI is InChI=1S/C14H18N2O2/c1-3-18-13(17)7-5-10-4-6-12(15)14-11(10)8-9-16(14)2/h4,6,8-9H,3,5,7,15H2,1-2H3. The van der Waals surface area contributed by atoms with Crippen LogP contribution in [0, 0.1) is 0 Å². The quantitative estimate of drug-likeness (QED) is 0.665. The van der Waals surface area contributed by atoms with E-state index in [-0.39, 0.29) is 5.97 Å². The molecule has 0 saturated heterocycles. The Bertz CT molecular complexity index is 572. The molecule has 96 valence electrons. The number of anilines is 1. The van der Waals surface area contributed by atoms with Crippen LogP contribution < -0.4 is 5.73 Å². The smallest absolute Gasteiger partial charge is 0.306 e. The van der Waals surface area contributed by atoms with E-state index in [1.54, 1.807) is 0 Å². The van der Waals surface area contributed by atoms with E-state index >= 15 is 0 Å². The summed E-state index contributed by atoms with van der Waals surface area (Å²) in [5.74, 6) is -0.154. The third kappa shape index (κ3) is 2.32. The van der Waals surface area contributed by atoms with Crippen LogP contribution >= 0.6 is 0 Å². The predicted molar refractivity (Wildman–Crippen MR) is 72.3 cm³/mol. The Morgan fingerprint density at radius 3 is 2.89 bits per heavy atom. The fraction of sp³-hybridized carbons (Fsp3) is 0.357. The van der Waals surface area contributed by atoms with Gasteiger partial charge >= 0.3 is 5.97 Å². The van der Waals surface area contributed by atoms with Crippen LogP contribution in [0.15, 0.2) is 24.4 Å². The van der Waals surface area contributed by atoms with Gasteiger partial charge in [-0.25, -0.2) is 0 Å². The first-order chi connectivity index (χ1) is 8.63. The summed E-state index contributed by atoms with van der Waals surface area (Å²) in [5, 5.41) is 1.11. The summed E-state index contributed by atoms with van der Waals surface area (Å²) in [6.07, 6.45) is 3.07. The van der Waals surface area contributed by atoms with E-state index in [0.29, 0.717) is 19.4 Å². The summed E-state index contributed by atoms with van der Waals surface area (Å²) in [7, 11) is 1.97. The van der Waals surface area contributed by atoms with Crippen molar-refractivity contribution in [3.05, 3.63) is 30.0 Å². The Kier molecular flexibility index (Phi) is 3.55. The molecule has 4 heteroatoms. The molecule has 0 aliphatic heterocycles. The van der Waals surface area contributed by atoms with Crippen LogP contribution in [0.3, 0.4) is 0 Å². The molecule has 1 aromatic carbocycles. The van der Waals surface area contributed by atoms with Crippen molar-refractivity contribution in [2.45, 2.75) is 19.8 Å². The van der Waals surface area contributed by atoms with Gasteiger partial charge in [0.15, 0.2) is 0 Å². The van der Waals surface area contributed by atoms with Crippen molar-refractivity contribution in [3.8, 4) is 0 Å². The predicted octanol–water partition coefficient (Wildman–Crippen LogP) is 2.26. The first-order valence-corrected chi connectivity index (χ1v) is 6.11. The molecule has 2 N–H and O–H groups in total. The van der Waals surface area contributed by atoms with E-state index in [9.17, 15) is 4.79 Å². The van der Waals surface area contributed by atoms with Gasteiger partial charge in [-0.3, -0.25) is 4.79 Å². The first kappa shape index (κ1) is 12.5. The van der Waals surface area contributed by atoms with Gasteiger partial charge in [-0.2, -0.15) is 0 Å². The van der Waals surface area contributed by atoms with Crippen LogP contribution in [-0.2, 0) is 23.0 Å². The molecular formula is C14H18N2O2. The van der Waals surface area contributed by atoms with Gasteiger partial charge in [0.25, 0.3) is 0 Å². The van der Waals surface area contributed by atoms with Gasteiger partial charge in [-0.1, -0.05) is 6.07 Å². The third-order valence-corrected chi connectivity index (χ3v) is 3.06. The fourth-order valence-corrected chi connectivity index (χ4v) is 2.20. The number of hydrogen-bond acceptors (Lipinski definition) is 3. The summed E-state index contributed by atoms with van der Waals surface area (Å²) >= 11 is 0. The maximum atomic E-state index is 11.4. The lowest BCUT2D eigenvalue weighted by Gasteiger charge is -2.07. The Morgan fingerprint density at radius 2 is 2.17 bits per heavy atom. The highest BCUT2D eigenvalue weighted by Gasteiger charge is 2.09. The zero-order valence-electron chi connectivity index (χ0n) is 10.8. The largest absolute Gasteiger partial charge is 0.466 e. The number of carbonyl (C=O) groups is 1. The highest BCUT2D eigenvalue weighted by Crippen LogP contribution is 2.26. The molecular weight excluding hydrogens is 228 g/mol. The van der Waals surface area contributed by atoms with E-state index in [4.69, 9.17) is 10.5 Å². The first-order valence-electron chi connectivity index (χ1n) is 6.11. The zero-order valence-corrected chi connectivity index (χ0v) is 10.8. The molecule has 1 heterocycles. The van der Waals surface area contributed by atoms with Gasteiger partial charge in [-0.05, 0) is 31.0 Å². The molecule has 0 fully saturated rings. The number of fused-ring (bicyclic) bond motifs is 1. The Labute approximate surface area is 106 Å². The molecule has 0 amide bonds. The maximum Gasteiger partial charge on any atom is 0.306 e. The van der Waals surface area contributed by atoms with Gasteiger partial charge in [0, 0.05) is 25.1 Å². The number of esters is 1. The number of ether oxygens (including phenoxy) is 1. The Morgan fingerprint density at radius 1 is 1.39 bits per heavy atom. The molecule has 18 heavy (non-hydrogen) atoms. The van der Waals surface area contributed by atoms with E-state index < -0.39 is 0 Å². The number of nitrogen functional groups attached to an aromatic ring is 1. The molecule has 0 saturated carbocycles. The van der Waals surface area contributed by atoms with Crippen LogP contribution in [0.5, 0.6) is 0 Å². The van der Waals surface area contributed by atoms with E-state index in [0.717, 1.165) is 22.2 Å². The number of carbonyl (C=O) groups excluding carboxylic acids is 1. The molecule has 0 atom stereocenters. The van der Waals surface area contributed by atoms with Gasteiger partial charge in [0.05, 0.1) is 17.8 Å². The topological polar surface area (TPSA) is 57.2 Å². The van der Waals surface area contributed by atoms with Crippen molar-refractivity contribution in [1.82, 2.24) is 4.57 Å². The average molecular weight is 246 g/mol. The maximum absolute atomic E-state index is 11.4. The van der Waals surface area contributed by atoms with Crippen LogP contribution in [0.2, 0.25) is 0 Å². The van der Waals surface area contributed by atoms with Crippen LogP contribution in [0.1, 0.15) is 18.9 Å². The van der Waals surface area contributed by atoms with Crippen molar-refractivity contribution in [2.24, 2.45) is 7.05 Å². The highest BCUT2D eigenvalue weighted by atomic mass is 16.5. The molecule has 0 radical (unpaired) electrons. The molecule has 0 aliphatic rings. The van der Waals surface area contributed by atoms with Crippen LogP contribution in [0.25, 0.3) is 10.9 Å². The van der Waals surface area contributed by atoms with Crippen molar-refractivity contribution >= 4 is 22.6 Å². The van der Waals surface area contributed by atoms with Crippen molar-refractivity contribution in [3.63, 3.8) is 0 Å². The summed E-state index contributed by atoms with van der Waals surface area (Å²) in [6, 6.07) is 5.91. The van der Waals surface area contributed by atoms with E-state index in [1.165, 1.54) is 0 Å². The second kappa shape index (κ2) is 5.12. The minimum absolute atomic E-state index is 0.154. The molecule has 0 unspecified atom stereocenters. The summed E-state index contributed by atoms with van der Waals surface area (Å²) < 4.78 is 6.93. The molecule has 2 aromatic rings. The molecule has 2 rings (SSSR count). The lowest BCUT2D eigenvalue weighted by molar-refractivity contribution is -0.143. The highest BCUT2D eigenvalue weighted by molar-refractivity contribution is 5.93. The molecule has 0 aliphatic carbocycles. The number of benzene rings is 1. The van der Waals surface area contributed by atoms with E-state index in [1.807, 2.05) is 42.9 Å². The molecule has 4 nitrogen and oxygen atoms in total. The minimum atomic E-state index is -0.154. The van der Waals surface area contributed by atoms with Gasteiger partial charge in [0.1, 0.15) is 0 Å². The van der Waals surface area contributed by atoms with Crippen molar-refractivity contribution < 1.29 is 9.53 Å². The number of aryl methyl sites for hydroxylation is 2. The second-order valence-corrected chi connectivity index (χ2v) is 4.31. The molecule has 0 spiro atoms. The Balaban J connectivity index is 2.24. The number of nitrogens with two attached hydrogens (primary N) is 1. The van der Waals surface area contributed by atoms with Crippen LogP contribution in [-0.4, -0.2) is 17.1 Å². The number of aromatic nitrogens is 1. The minimum Gasteiger partial charge on any atom is -0.466 e. The van der Waals surface area contributed by atoms with E-state index in [2.05, 4.69) is 0 Å². The lowest BCUT2D eigenvalue weighted by atomic mass is 10.0.